The molecular weight excluding hydrogens is 348 g/mol. The van der Waals surface area contributed by atoms with E-state index in [0.717, 1.165) is 6.20 Å². The van der Waals surface area contributed by atoms with Gasteiger partial charge in [0.25, 0.3) is 22.2 Å². The Hall–Kier alpha value is -4.36. The van der Waals surface area contributed by atoms with Crippen molar-refractivity contribution < 1.29 is 0 Å². The Kier molecular flexibility index (Phi) is 3.11. The molecule has 4 rings (SSSR count). The lowest BCUT2D eigenvalue weighted by Crippen LogP contribution is -2.21. The van der Waals surface area contributed by atoms with Crippen LogP contribution in [0.15, 0.2) is 25.4 Å². The molecule has 0 atom stereocenters. The fraction of sp³-hybridized carbons (Fsp3) is 0. The van der Waals surface area contributed by atoms with Crippen LogP contribution in [0.4, 0.5) is 17.7 Å². The third-order valence-corrected chi connectivity index (χ3v) is 3.28. The van der Waals surface area contributed by atoms with Gasteiger partial charge >= 0.3 is 0 Å². The maximum atomic E-state index is 12.0. The predicted molar refractivity (Wildman–Crippen MR) is 89.3 cm³/mol. The van der Waals surface area contributed by atoms with Crippen molar-refractivity contribution in [3.63, 3.8) is 0 Å². The van der Waals surface area contributed by atoms with E-state index in [1.54, 1.807) is 0 Å². The van der Waals surface area contributed by atoms with Crippen molar-refractivity contribution in [1.29, 1.82) is 0 Å². The van der Waals surface area contributed by atoms with Gasteiger partial charge in [0.2, 0.25) is 11.9 Å². The van der Waals surface area contributed by atoms with E-state index in [9.17, 15) is 19.2 Å². The average molecular weight is 356 g/mol. The Bertz CT molecular complexity index is 1410. The molecule has 0 aliphatic rings. The Morgan fingerprint density at radius 3 is 2.38 bits per heavy atom. The van der Waals surface area contributed by atoms with Gasteiger partial charge in [0.1, 0.15) is 0 Å². The van der Waals surface area contributed by atoms with Crippen molar-refractivity contribution in [2.75, 3.05) is 11.1 Å². The SMILES string of the molecule is Nc1nc2c(=O)[nH]c(Nc3nc4ncc(=O)[nH]c4c(=O)[nH]3)nc2[nH]c1=O. The molecule has 0 fully saturated rings. The third kappa shape index (κ3) is 2.46. The number of nitrogens with two attached hydrogens (primary N) is 1. The minimum atomic E-state index is -0.702. The van der Waals surface area contributed by atoms with Crippen LogP contribution in [0.1, 0.15) is 0 Å². The van der Waals surface area contributed by atoms with Gasteiger partial charge in [-0.1, -0.05) is 0 Å². The molecule has 4 aromatic rings. The van der Waals surface area contributed by atoms with Crippen LogP contribution in [-0.2, 0) is 0 Å². The molecule has 0 unspecified atom stereocenters. The minimum Gasteiger partial charge on any atom is -0.379 e. The number of aromatic amines is 4. The molecular formula is C12H8N10O4. The van der Waals surface area contributed by atoms with Gasteiger partial charge in [-0.25, -0.2) is 9.97 Å². The zero-order chi connectivity index (χ0) is 18.4. The Morgan fingerprint density at radius 2 is 1.58 bits per heavy atom. The van der Waals surface area contributed by atoms with Crippen LogP contribution >= 0.6 is 0 Å². The van der Waals surface area contributed by atoms with Gasteiger partial charge in [-0.2, -0.15) is 9.97 Å². The predicted octanol–water partition coefficient (Wildman–Crippen LogP) is -2.35. The van der Waals surface area contributed by atoms with Crippen LogP contribution < -0.4 is 33.3 Å². The summed E-state index contributed by atoms with van der Waals surface area (Å²) in [6.07, 6.45) is 0.968. The highest BCUT2D eigenvalue weighted by Crippen LogP contribution is 2.08. The van der Waals surface area contributed by atoms with E-state index < -0.39 is 22.2 Å². The summed E-state index contributed by atoms with van der Waals surface area (Å²) in [7, 11) is 0. The molecule has 0 aromatic carbocycles. The maximum absolute atomic E-state index is 12.0. The Labute approximate surface area is 139 Å². The normalized spacial score (nSPS) is 11.1. The number of fused-ring (bicyclic) bond motifs is 2. The molecule has 0 aliphatic heterocycles. The number of H-pyrrole nitrogens is 4. The largest absolute Gasteiger partial charge is 0.379 e. The van der Waals surface area contributed by atoms with Gasteiger partial charge in [0.15, 0.2) is 28.1 Å². The van der Waals surface area contributed by atoms with E-state index in [1.165, 1.54) is 0 Å². The van der Waals surface area contributed by atoms with Crippen molar-refractivity contribution >= 4 is 40.0 Å². The number of hydrogen-bond acceptors (Lipinski definition) is 10. The molecule has 0 bridgehead atoms. The molecule has 14 heteroatoms. The van der Waals surface area contributed by atoms with E-state index in [1.807, 2.05) is 0 Å². The second-order valence-electron chi connectivity index (χ2n) is 5.05. The summed E-state index contributed by atoms with van der Waals surface area (Å²) in [5.41, 5.74) is 2.37. The minimum absolute atomic E-state index is 0.0261. The third-order valence-electron chi connectivity index (χ3n) is 3.28. The Morgan fingerprint density at radius 1 is 0.846 bits per heavy atom. The lowest BCUT2D eigenvalue weighted by molar-refractivity contribution is 1.06. The number of anilines is 3. The van der Waals surface area contributed by atoms with Gasteiger partial charge in [-0.05, 0) is 0 Å². The monoisotopic (exact) mass is 356 g/mol. The summed E-state index contributed by atoms with van der Waals surface area (Å²) in [5, 5.41) is 2.57. The first-order chi connectivity index (χ1) is 12.4. The van der Waals surface area contributed by atoms with Gasteiger partial charge in [-0.15, -0.1) is 0 Å². The van der Waals surface area contributed by atoms with Crippen LogP contribution in [0.5, 0.6) is 0 Å². The van der Waals surface area contributed by atoms with Gasteiger partial charge in [0.05, 0.1) is 6.20 Å². The fourth-order valence-electron chi connectivity index (χ4n) is 2.17. The number of nitrogens with zero attached hydrogens (tertiary/aromatic N) is 4. The summed E-state index contributed by atoms with van der Waals surface area (Å²) >= 11 is 0. The lowest BCUT2D eigenvalue weighted by atomic mass is 10.5. The lowest BCUT2D eigenvalue weighted by Gasteiger charge is -2.05. The second-order valence-corrected chi connectivity index (χ2v) is 5.05. The van der Waals surface area contributed by atoms with Crippen molar-refractivity contribution in [2.45, 2.75) is 0 Å². The van der Waals surface area contributed by atoms with Gasteiger partial charge in [0, 0.05) is 0 Å². The number of nitrogen functional groups attached to an aromatic ring is 1. The van der Waals surface area contributed by atoms with Crippen LogP contribution in [0.25, 0.3) is 22.3 Å². The van der Waals surface area contributed by atoms with E-state index in [0.29, 0.717) is 0 Å². The number of aromatic nitrogens is 8. The molecule has 4 heterocycles. The first-order valence-electron chi connectivity index (χ1n) is 6.97. The van der Waals surface area contributed by atoms with E-state index >= 15 is 0 Å². The molecule has 0 radical (unpaired) electrons. The highest BCUT2D eigenvalue weighted by atomic mass is 16.1. The molecule has 0 aliphatic carbocycles. The Balaban J connectivity index is 1.83. The van der Waals surface area contributed by atoms with Crippen LogP contribution in [0.3, 0.4) is 0 Å². The topological polar surface area (TPSA) is 221 Å². The van der Waals surface area contributed by atoms with Crippen LogP contribution in [-0.4, -0.2) is 39.9 Å². The molecule has 0 spiro atoms. The summed E-state index contributed by atoms with van der Waals surface area (Å²) in [4.78, 5) is 71.5. The molecule has 0 saturated carbocycles. The molecule has 7 N–H and O–H groups in total. The maximum Gasteiger partial charge on any atom is 0.292 e. The summed E-state index contributed by atoms with van der Waals surface area (Å²) < 4.78 is 0. The molecule has 14 nitrogen and oxygen atoms in total. The first-order valence-corrected chi connectivity index (χ1v) is 6.97. The van der Waals surface area contributed by atoms with Crippen molar-refractivity contribution in [2.24, 2.45) is 0 Å². The molecule has 0 amide bonds. The standard InChI is InChI=1S/C12H8N10O4/c13-5-10(26)17-7-4(16-5)9(25)21-12(19-7)22-11-18-6-3(8(24)20-11)15-2(23)1-14-6/h1H,(H2,13,16)(H,15,23)(H4,14,17,18,19,20,21,22,24,25,26). The molecule has 4 aromatic heterocycles. The summed E-state index contributed by atoms with van der Waals surface area (Å²) in [6.45, 7) is 0. The summed E-state index contributed by atoms with van der Waals surface area (Å²) in [5.74, 6) is -0.599. The summed E-state index contributed by atoms with van der Waals surface area (Å²) in [6, 6.07) is 0. The first kappa shape index (κ1) is 15.2. The fourth-order valence-corrected chi connectivity index (χ4v) is 2.17. The second kappa shape index (κ2) is 5.33. The number of rotatable bonds is 2. The van der Waals surface area contributed by atoms with Gasteiger partial charge < -0.3 is 15.7 Å². The van der Waals surface area contributed by atoms with E-state index in [2.05, 4.69) is 45.2 Å². The van der Waals surface area contributed by atoms with E-state index in [4.69, 9.17) is 5.73 Å². The highest BCUT2D eigenvalue weighted by molar-refractivity contribution is 5.72. The molecule has 130 valence electrons. The van der Waals surface area contributed by atoms with E-state index in [-0.39, 0.29) is 40.0 Å². The van der Waals surface area contributed by atoms with Crippen molar-refractivity contribution in [3.8, 4) is 0 Å². The number of nitrogens with one attached hydrogen (secondary N) is 5. The molecule has 0 saturated heterocycles. The van der Waals surface area contributed by atoms with Gasteiger partial charge in [-0.3, -0.25) is 34.5 Å². The number of hydrogen-bond donors (Lipinski definition) is 6. The van der Waals surface area contributed by atoms with Crippen LogP contribution in [0, 0.1) is 0 Å². The van der Waals surface area contributed by atoms with Crippen LogP contribution in [0.2, 0.25) is 0 Å². The van der Waals surface area contributed by atoms with Crippen molar-refractivity contribution in [1.82, 2.24) is 39.9 Å². The highest BCUT2D eigenvalue weighted by Gasteiger charge is 2.11. The zero-order valence-corrected chi connectivity index (χ0v) is 12.6. The average Bonchev–Trinajstić information content (AvgIpc) is 2.58. The smallest absolute Gasteiger partial charge is 0.292 e. The quantitative estimate of drug-likeness (QED) is 0.224. The molecule has 26 heavy (non-hydrogen) atoms. The zero-order valence-electron chi connectivity index (χ0n) is 12.6. The van der Waals surface area contributed by atoms with Crippen molar-refractivity contribution in [3.05, 3.63) is 47.6 Å².